The molecule has 0 radical (unpaired) electrons. The van der Waals surface area contributed by atoms with Crippen LogP contribution in [0.15, 0.2) is 58.3 Å². The van der Waals surface area contributed by atoms with E-state index in [4.69, 9.17) is 5.14 Å². The molecule has 0 aliphatic heterocycles. The Labute approximate surface area is 140 Å². The standard InChI is InChI=1S/C16H18N2O3S2/c1-12-7-8-13(11-15(12)23(17,20)21)16(19)18-9-10-22-14-5-3-2-4-6-14/h2-8,11H,9-10H2,1H3,(H,18,19)(H2,17,20,21). The van der Waals surface area contributed by atoms with Crippen LogP contribution in [-0.4, -0.2) is 26.6 Å². The van der Waals surface area contributed by atoms with Gasteiger partial charge in [-0.05, 0) is 36.8 Å². The van der Waals surface area contributed by atoms with Crippen LogP contribution in [0.1, 0.15) is 15.9 Å². The molecule has 0 aliphatic carbocycles. The molecule has 3 N–H and O–H groups in total. The Morgan fingerprint density at radius 1 is 1.17 bits per heavy atom. The first-order valence-corrected chi connectivity index (χ1v) is 9.50. The largest absolute Gasteiger partial charge is 0.351 e. The minimum atomic E-state index is -3.83. The molecule has 0 spiro atoms. The van der Waals surface area contributed by atoms with Gasteiger partial charge >= 0.3 is 0 Å². The second-order valence-electron chi connectivity index (χ2n) is 4.94. The summed E-state index contributed by atoms with van der Waals surface area (Å²) in [4.78, 5) is 13.2. The quantitative estimate of drug-likeness (QED) is 0.617. The Bertz CT molecular complexity index is 790. The van der Waals surface area contributed by atoms with Crippen molar-refractivity contribution in [2.45, 2.75) is 16.7 Å². The van der Waals surface area contributed by atoms with Gasteiger partial charge in [0.2, 0.25) is 10.0 Å². The van der Waals surface area contributed by atoms with Gasteiger partial charge in [-0.2, -0.15) is 0 Å². The number of nitrogens with one attached hydrogen (secondary N) is 1. The van der Waals surface area contributed by atoms with Gasteiger partial charge in [0.1, 0.15) is 0 Å². The summed E-state index contributed by atoms with van der Waals surface area (Å²) in [6.07, 6.45) is 0. The third kappa shape index (κ3) is 5.09. The SMILES string of the molecule is Cc1ccc(C(=O)NCCSc2ccccc2)cc1S(N)(=O)=O. The minimum absolute atomic E-state index is 0.0242. The molecule has 0 bridgehead atoms. The highest BCUT2D eigenvalue weighted by Gasteiger charge is 2.14. The molecule has 0 fully saturated rings. The van der Waals surface area contributed by atoms with Gasteiger partial charge in [-0.25, -0.2) is 13.6 Å². The molecule has 0 atom stereocenters. The lowest BCUT2D eigenvalue weighted by Crippen LogP contribution is -2.26. The van der Waals surface area contributed by atoms with Crippen molar-refractivity contribution in [3.05, 3.63) is 59.7 Å². The van der Waals surface area contributed by atoms with Crippen LogP contribution in [0.25, 0.3) is 0 Å². The maximum Gasteiger partial charge on any atom is 0.251 e. The van der Waals surface area contributed by atoms with Gasteiger partial charge in [0.25, 0.3) is 5.91 Å². The number of aryl methyl sites for hydroxylation is 1. The zero-order valence-corrected chi connectivity index (χ0v) is 14.3. The molecule has 1 amide bonds. The Kier molecular flexibility index (Phi) is 5.81. The van der Waals surface area contributed by atoms with Crippen molar-refractivity contribution in [3.8, 4) is 0 Å². The molecule has 0 saturated heterocycles. The second-order valence-corrected chi connectivity index (χ2v) is 7.64. The van der Waals surface area contributed by atoms with E-state index in [0.717, 1.165) is 10.6 Å². The van der Waals surface area contributed by atoms with E-state index in [1.807, 2.05) is 30.3 Å². The van der Waals surface area contributed by atoms with Crippen molar-refractivity contribution in [1.29, 1.82) is 0 Å². The lowest BCUT2D eigenvalue weighted by Gasteiger charge is -2.08. The fourth-order valence-corrected chi connectivity index (χ4v) is 3.60. The molecule has 2 aromatic rings. The van der Waals surface area contributed by atoms with Gasteiger partial charge in [0.15, 0.2) is 0 Å². The van der Waals surface area contributed by atoms with Gasteiger partial charge in [0.05, 0.1) is 4.90 Å². The number of hydrogen-bond acceptors (Lipinski definition) is 4. The molecule has 0 unspecified atom stereocenters. The molecule has 5 nitrogen and oxygen atoms in total. The van der Waals surface area contributed by atoms with Crippen LogP contribution < -0.4 is 10.5 Å². The molecule has 7 heteroatoms. The Hall–Kier alpha value is -1.83. The normalized spacial score (nSPS) is 11.2. The van der Waals surface area contributed by atoms with E-state index in [1.54, 1.807) is 30.8 Å². The highest BCUT2D eigenvalue weighted by atomic mass is 32.2. The number of benzene rings is 2. The van der Waals surface area contributed by atoms with E-state index >= 15 is 0 Å². The van der Waals surface area contributed by atoms with E-state index in [0.29, 0.717) is 12.1 Å². The molecule has 2 rings (SSSR count). The monoisotopic (exact) mass is 350 g/mol. The van der Waals surface area contributed by atoms with Crippen LogP contribution in [0, 0.1) is 6.92 Å². The highest BCUT2D eigenvalue weighted by Crippen LogP contribution is 2.17. The molecule has 2 aromatic carbocycles. The Morgan fingerprint density at radius 2 is 1.87 bits per heavy atom. The number of sulfonamides is 1. The van der Waals surface area contributed by atoms with Crippen LogP contribution in [0.4, 0.5) is 0 Å². The minimum Gasteiger partial charge on any atom is -0.351 e. The number of hydrogen-bond donors (Lipinski definition) is 2. The summed E-state index contributed by atoms with van der Waals surface area (Å²) >= 11 is 1.64. The first-order valence-electron chi connectivity index (χ1n) is 6.97. The summed E-state index contributed by atoms with van der Waals surface area (Å²) < 4.78 is 23.0. The molecular weight excluding hydrogens is 332 g/mol. The van der Waals surface area contributed by atoms with Gasteiger partial charge in [-0.3, -0.25) is 4.79 Å². The number of carbonyl (C=O) groups excluding carboxylic acids is 1. The number of thioether (sulfide) groups is 1. The van der Waals surface area contributed by atoms with Crippen molar-refractivity contribution in [1.82, 2.24) is 5.32 Å². The maximum atomic E-state index is 12.1. The summed E-state index contributed by atoms with van der Waals surface area (Å²) in [5.41, 5.74) is 0.799. The lowest BCUT2D eigenvalue weighted by molar-refractivity contribution is 0.0956. The number of primary sulfonamides is 1. The van der Waals surface area contributed by atoms with E-state index in [9.17, 15) is 13.2 Å². The third-order valence-electron chi connectivity index (χ3n) is 3.16. The van der Waals surface area contributed by atoms with E-state index < -0.39 is 10.0 Å². The molecule has 23 heavy (non-hydrogen) atoms. The average Bonchev–Trinajstić information content (AvgIpc) is 2.51. The third-order valence-corrected chi connectivity index (χ3v) is 5.22. The Balaban J connectivity index is 1.94. The summed E-state index contributed by atoms with van der Waals surface area (Å²) in [6, 6.07) is 14.4. The smallest absolute Gasteiger partial charge is 0.251 e. The van der Waals surface area contributed by atoms with E-state index in [2.05, 4.69) is 5.32 Å². The molecule has 0 aromatic heterocycles. The summed E-state index contributed by atoms with van der Waals surface area (Å²) in [5.74, 6) is 0.410. The van der Waals surface area contributed by atoms with Crippen LogP contribution in [0.3, 0.4) is 0 Å². The summed E-state index contributed by atoms with van der Waals surface area (Å²) in [7, 11) is -3.83. The van der Waals surface area contributed by atoms with Gasteiger partial charge in [-0.15, -0.1) is 11.8 Å². The molecule has 0 aliphatic rings. The fourth-order valence-electron chi connectivity index (χ4n) is 2.00. The average molecular weight is 350 g/mol. The number of carbonyl (C=O) groups is 1. The van der Waals surface area contributed by atoms with Crippen molar-refractivity contribution >= 4 is 27.7 Å². The van der Waals surface area contributed by atoms with Crippen molar-refractivity contribution in [2.75, 3.05) is 12.3 Å². The highest BCUT2D eigenvalue weighted by molar-refractivity contribution is 7.99. The molecule has 122 valence electrons. The molecular formula is C16H18N2O3S2. The van der Waals surface area contributed by atoms with Crippen molar-refractivity contribution in [2.24, 2.45) is 5.14 Å². The summed E-state index contributed by atoms with van der Waals surface area (Å²) in [5, 5.41) is 7.92. The van der Waals surface area contributed by atoms with Crippen LogP contribution in [0.2, 0.25) is 0 Å². The van der Waals surface area contributed by atoms with Gasteiger partial charge < -0.3 is 5.32 Å². The summed E-state index contributed by atoms with van der Waals surface area (Å²) in [6.45, 7) is 2.12. The number of nitrogens with two attached hydrogens (primary N) is 1. The van der Waals surface area contributed by atoms with Crippen LogP contribution in [0.5, 0.6) is 0 Å². The first-order chi connectivity index (χ1) is 10.9. The van der Waals surface area contributed by atoms with Crippen molar-refractivity contribution in [3.63, 3.8) is 0 Å². The Morgan fingerprint density at radius 3 is 2.52 bits per heavy atom. The van der Waals surface area contributed by atoms with E-state index in [-0.39, 0.29) is 16.4 Å². The number of rotatable bonds is 6. The lowest BCUT2D eigenvalue weighted by atomic mass is 10.1. The van der Waals surface area contributed by atoms with Crippen molar-refractivity contribution < 1.29 is 13.2 Å². The predicted octanol–water partition coefficient (Wildman–Crippen LogP) is 2.16. The van der Waals surface area contributed by atoms with Crippen LogP contribution in [-0.2, 0) is 10.0 Å². The van der Waals surface area contributed by atoms with E-state index in [1.165, 1.54) is 6.07 Å². The maximum absolute atomic E-state index is 12.1. The zero-order valence-electron chi connectivity index (χ0n) is 12.7. The number of amides is 1. The fraction of sp³-hybridized carbons (Fsp3) is 0.188. The second kappa shape index (κ2) is 7.63. The predicted molar refractivity (Wildman–Crippen MR) is 92.1 cm³/mol. The van der Waals surface area contributed by atoms with Gasteiger partial charge in [-0.1, -0.05) is 24.3 Å². The van der Waals surface area contributed by atoms with Gasteiger partial charge in [0, 0.05) is 22.8 Å². The van der Waals surface area contributed by atoms with Crippen LogP contribution >= 0.6 is 11.8 Å². The molecule has 0 saturated carbocycles. The first kappa shape index (κ1) is 17.5. The topological polar surface area (TPSA) is 89.3 Å². The zero-order chi connectivity index (χ0) is 16.9. The molecule has 0 heterocycles.